The highest BCUT2D eigenvalue weighted by atomic mass is 79.9. The van der Waals surface area contributed by atoms with Crippen molar-refractivity contribution in [2.45, 2.75) is 5.33 Å². The fraction of sp³-hybridized carbons (Fsp3) is 0.100. The van der Waals surface area contributed by atoms with Crippen LogP contribution in [0.25, 0.3) is 11.3 Å². The second-order valence-electron chi connectivity index (χ2n) is 2.94. The average molecular weight is 351 g/mol. The number of rotatable bonds is 2. The zero-order valence-corrected chi connectivity index (χ0v) is 11.4. The maximum absolute atomic E-state index is 5.86. The fourth-order valence-corrected chi connectivity index (χ4v) is 2.35. The first-order valence-corrected chi connectivity index (χ1v) is 6.47. The largest absolute Gasteiger partial charge is 0.360 e. The Balaban J connectivity index is 2.44. The van der Waals surface area contributed by atoms with Gasteiger partial charge in [-0.3, -0.25) is 0 Å². The average Bonchev–Trinajstić information content (AvgIpc) is 2.66. The van der Waals surface area contributed by atoms with Gasteiger partial charge in [-0.15, -0.1) is 0 Å². The summed E-state index contributed by atoms with van der Waals surface area (Å²) in [7, 11) is 0. The monoisotopic (exact) mass is 349 g/mol. The SMILES string of the molecule is Clc1ccc(-c2cc(CBr)on2)c(Br)c1. The molecule has 0 unspecified atom stereocenters. The Labute approximate surface area is 109 Å². The summed E-state index contributed by atoms with van der Waals surface area (Å²) >= 11 is 12.6. The van der Waals surface area contributed by atoms with Crippen LogP contribution in [-0.2, 0) is 5.33 Å². The molecule has 0 aliphatic rings. The van der Waals surface area contributed by atoms with Crippen molar-refractivity contribution in [1.29, 1.82) is 0 Å². The van der Waals surface area contributed by atoms with E-state index in [-0.39, 0.29) is 0 Å². The third-order valence-electron chi connectivity index (χ3n) is 1.90. The van der Waals surface area contributed by atoms with Crippen molar-refractivity contribution in [3.8, 4) is 11.3 Å². The number of nitrogens with zero attached hydrogens (tertiary/aromatic N) is 1. The van der Waals surface area contributed by atoms with E-state index < -0.39 is 0 Å². The van der Waals surface area contributed by atoms with Crippen molar-refractivity contribution in [3.63, 3.8) is 0 Å². The van der Waals surface area contributed by atoms with Gasteiger partial charge in [0.25, 0.3) is 0 Å². The Morgan fingerprint density at radius 3 is 2.73 bits per heavy atom. The second-order valence-corrected chi connectivity index (χ2v) is 4.79. The Kier molecular flexibility index (Phi) is 3.49. The van der Waals surface area contributed by atoms with Crippen LogP contribution in [0.15, 0.2) is 33.3 Å². The van der Waals surface area contributed by atoms with Crippen LogP contribution in [-0.4, -0.2) is 5.16 Å². The number of benzene rings is 1. The summed E-state index contributed by atoms with van der Waals surface area (Å²) in [6, 6.07) is 7.45. The molecule has 0 atom stereocenters. The van der Waals surface area contributed by atoms with Gasteiger partial charge in [-0.1, -0.05) is 54.7 Å². The van der Waals surface area contributed by atoms with Crippen molar-refractivity contribution in [3.05, 3.63) is 39.5 Å². The lowest BCUT2D eigenvalue weighted by Gasteiger charge is -1.99. The highest BCUT2D eigenvalue weighted by Gasteiger charge is 2.09. The minimum atomic E-state index is 0.658. The van der Waals surface area contributed by atoms with Gasteiger partial charge in [-0.2, -0.15) is 0 Å². The molecular formula is C10H6Br2ClNO. The first-order valence-electron chi connectivity index (χ1n) is 4.17. The summed E-state index contributed by atoms with van der Waals surface area (Å²) in [5.74, 6) is 0.798. The Bertz CT molecular complexity index is 484. The minimum Gasteiger partial charge on any atom is -0.360 e. The smallest absolute Gasteiger partial charge is 0.147 e. The molecule has 0 spiro atoms. The zero-order chi connectivity index (χ0) is 10.8. The van der Waals surface area contributed by atoms with Gasteiger partial charge < -0.3 is 4.52 Å². The van der Waals surface area contributed by atoms with Crippen LogP contribution in [0, 0.1) is 0 Å². The molecular weight excluding hydrogens is 345 g/mol. The third kappa shape index (κ3) is 2.44. The predicted octanol–water partition coefficient (Wildman–Crippen LogP) is 4.65. The Morgan fingerprint density at radius 1 is 1.33 bits per heavy atom. The lowest BCUT2D eigenvalue weighted by molar-refractivity contribution is 0.398. The van der Waals surface area contributed by atoms with Gasteiger partial charge in [0.05, 0.1) is 5.33 Å². The van der Waals surface area contributed by atoms with E-state index in [4.69, 9.17) is 16.1 Å². The van der Waals surface area contributed by atoms with Crippen molar-refractivity contribution < 1.29 is 4.52 Å². The van der Waals surface area contributed by atoms with Crippen LogP contribution in [0.5, 0.6) is 0 Å². The van der Waals surface area contributed by atoms with Gasteiger partial charge in [0, 0.05) is 21.1 Å². The molecule has 0 saturated heterocycles. The van der Waals surface area contributed by atoms with E-state index in [2.05, 4.69) is 37.0 Å². The second kappa shape index (κ2) is 4.68. The molecule has 15 heavy (non-hydrogen) atoms. The number of hydrogen-bond donors (Lipinski definition) is 0. The van der Waals surface area contributed by atoms with Crippen LogP contribution >= 0.6 is 43.5 Å². The lowest BCUT2D eigenvalue weighted by atomic mass is 10.1. The van der Waals surface area contributed by atoms with E-state index in [1.807, 2.05) is 24.3 Å². The number of halogens is 3. The number of alkyl halides is 1. The van der Waals surface area contributed by atoms with Gasteiger partial charge in [0.2, 0.25) is 0 Å². The molecule has 1 aromatic heterocycles. The van der Waals surface area contributed by atoms with Crippen LogP contribution in [0.4, 0.5) is 0 Å². The summed E-state index contributed by atoms with van der Waals surface area (Å²) in [5, 5.41) is 5.32. The van der Waals surface area contributed by atoms with E-state index >= 15 is 0 Å². The van der Waals surface area contributed by atoms with E-state index in [1.54, 1.807) is 0 Å². The predicted molar refractivity (Wildman–Crippen MR) is 67.3 cm³/mol. The summed E-state index contributed by atoms with van der Waals surface area (Å²) in [6.45, 7) is 0. The maximum Gasteiger partial charge on any atom is 0.147 e. The zero-order valence-electron chi connectivity index (χ0n) is 7.51. The Hall–Kier alpha value is -0.320. The first-order chi connectivity index (χ1) is 7.20. The van der Waals surface area contributed by atoms with Crippen molar-refractivity contribution in [1.82, 2.24) is 5.16 Å². The van der Waals surface area contributed by atoms with Crippen molar-refractivity contribution in [2.24, 2.45) is 0 Å². The third-order valence-corrected chi connectivity index (χ3v) is 3.34. The minimum absolute atomic E-state index is 0.658. The fourth-order valence-electron chi connectivity index (χ4n) is 1.20. The molecule has 0 fully saturated rings. The molecule has 0 aliphatic heterocycles. The van der Waals surface area contributed by atoms with E-state index in [1.165, 1.54) is 0 Å². The van der Waals surface area contributed by atoms with Crippen LogP contribution < -0.4 is 0 Å². The summed E-state index contributed by atoms with van der Waals surface area (Å²) in [4.78, 5) is 0. The maximum atomic E-state index is 5.86. The Morgan fingerprint density at radius 2 is 2.13 bits per heavy atom. The van der Waals surface area contributed by atoms with Gasteiger partial charge in [-0.05, 0) is 12.1 Å². The van der Waals surface area contributed by atoms with Gasteiger partial charge in [0.15, 0.2) is 0 Å². The lowest BCUT2D eigenvalue weighted by Crippen LogP contribution is -1.79. The first kappa shape index (κ1) is 11.2. The molecule has 0 amide bonds. The molecule has 78 valence electrons. The summed E-state index contributed by atoms with van der Waals surface area (Å²) in [6.07, 6.45) is 0. The van der Waals surface area contributed by atoms with E-state index in [0.29, 0.717) is 10.4 Å². The van der Waals surface area contributed by atoms with Crippen LogP contribution in [0.3, 0.4) is 0 Å². The quantitative estimate of drug-likeness (QED) is 0.736. The molecule has 2 nitrogen and oxygen atoms in total. The summed E-state index contributed by atoms with van der Waals surface area (Å²) in [5.41, 5.74) is 1.77. The highest BCUT2D eigenvalue weighted by molar-refractivity contribution is 9.10. The molecule has 1 heterocycles. The van der Waals surface area contributed by atoms with Crippen molar-refractivity contribution in [2.75, 3.05) is 0 Å². The van der Waals surface area contributed by atoms with Crippen LogP contribution in [0.2, 0.25) is 5.02 Å². The number of hydrogen-bond acceptors (Lipinski definition) is 2. The van der Waals surface area contributed by atoms with Crippen LogP contribution in [0.1, 0.15) is 5.76 Å². The standard InChI is InChI=1S/C10H6Br2ClNO/c11-5-7-4-10(14-15-7)8-2-1-6(13)3-9(8)12/h1-4H,5H2. The van der Waals surface area contributed by atoms with E-state index in [9.17, 15) is 0 Å². The van der Waals surface area contributed by atoms with Crippen molar-refractivity contribution >= 4 is 43.5 Å². The normalized spacial score (nSPS) is 10.6. The van der Waals surface area contributed by atoms with Gasteiger partial charge in [0.1, 0.15) is 11.5 Å². The molecule has 2 aromatic rings. The highest BCUT2D eigenvalue weighted by Crippen LogP contribution is 2.30. The summed E-state index contributed by atoms with van der Waals surface area (Å²) < 4.78 is 6.01. The molecule has 2 rings (SSSR count). The molecule has 1 aromatic carbocycles. The molecule has 0 saturated carbocycles. The van der Waals surface area contributed by atoms with E-state index in [0.717, 1.165) is 21.5 Å². The molecule has 0 bridgehead atoms. The molecule has 5 heteroatoms. The molecule has 0 radical (unpaired) electrons. The molecule has 0 aliphatic carbocycles. The number of aromatic nitrogens is 1. The van der Waals surface area contributed by atoms with Gasteiger partial charge >= 0.3 is 0 Å². The topological polar surface area (TPSA) is 26.0 Å². The molecule has 0 N–H and O–H groups in total. The van der Waals surface area contributed by atoms with Gasteiger partial charge in [-0.25, -0.2) is 0 Å².